The van der Waals surface area contributed by atoms with Crippen molar-refractivity contribution in [3.63, 3.8) is 0 Å². The van der Waals surface area contributed by atoms with Gasteiger partial charge in [0.05, 0.1) is 6.10 Å². The van der Waals surface area contributed by atoms with E-state index in [2.05, 4.69) is 44.2 Å². The lowest BCUT2D eigenvalue weighted by Gasteiger charge is -2.37. The van der Waals surface area contributed by atoms with E-state index in [4.69, 9.17) is 16.3 Å². The van der Waals surface area contributed by atoms with E-state index < -0.39 is 0 Å². The topological polar surface area (TPSA) is 66.4 Å². The van der Waals surface area contributed by atoms with E-state index in [-0.39, 0.29) is 17.4 Å². The van der Waals surface area contributed by atoms with Crippen molar-refractivity contribution >= 4 is 17.5 Å². The van der Waals surface area contributed by atoms with E-state index in [9.17, 15) is 0 Å². The minimum Gasteiger partial charge on any atom is -0.461 e. The molecule has 1 N–H and O–H groups in total. The fourth-order valence-corrected chi connectivity index (χ4v) is 2.36. The Hall–Kier alpha value is -1.18. The summed E-state index contributed by atoms with van der Waals surface area (Å²) in [6.07, 6.45) is -0.00514. The van der Waals surface area contributed by atoms with Crippen LogP contribution in [0.25, 0.3) is 0 Å². The number of halogens is 1. The highest BCUT2D eigenvalue weighted by atomic mass is 35.5. The molecule has 0 amide bonds. The Balaban J connectivity index is 1.97. The molecule has 0 spiro atoms. The number of piperazine rings is 1. The maximum atomic E-state index is 5.91. The van der Waals surface area contributed by atoms with Crippen molar-refractivity contribution in [1.82, 2.24) is 24.8 Å². The minimum atomic E-state index is -0.00514. The van der Waals surface area contributed by atoms with Gasteiger partial charge in [0.15, 0.2) is 0 Å². The van der Waals surface area contributed by atoms with Gasteiger partial charge in [-0.2, -0.15) is 15.0 Å². The van der Waals surface area contributed by atoms with Crippen LogP contribution in [0.2, 0.25) is 5.28 Å². The predicted octanol–water partition coefficient (Wildman–Crippen LogP) is 0.970. The van der Waals surface area contributed by atoms with Crippen LogP contribution >= 0.6 is 11.6 Å². The highest BCUT2D eigenvalue weighted by Gasteiger charge is 2.22. The number of nitrogens with one attached hydrogen (secondary N) is 1. The van der Waals surface area contributed by atoms with Gasteiger partial charge in [-0.1, -0.05) is 0 Å². The Morgan fingerprint density at radius 2 is 2.05 bits per heavy atom. The Morgan fingerprint density at radius 3 is 2.76 bits per heavy atom. The molecule has 1 saturated heterocycles. The molecule has 0 saturated carbocycles. The molecule has 1 unspecified atom stereocenters. The lowest BCUT2D eigenvalue weighted by atomic mass is 10.2. The smallest absolute Gasteiger partial charge is 0.322 e. The third-order valence-electron chi connectivity index (χ3n) is 3.40. The second-order valence-corrected chi connectivity index (χ2v) is 5.99. The molecule has 118 valence electrons. The van der Waals surface area contributed by atoms with Crippen LogP contribution in [-0.2, 0) is 0 Å². The summed E-state index contributed by atoms with van der Waals surface area (Å²) in [5.74, 6) is 0.451. The zero-order chi connectivity index (χ0) is 15.4. The fraction of sp³-hybridized carbons (Fsp3) is 0.769. The summed E-state index contributed by atoms with van der Waals surface area (Å²) < 4.78 is 5.46. The average Bonchev–Trinajstić information content (AvgIpc) is 2.38. The quantitative estimate of drug-likeness (QED) is 0.868. The SMILES string of the molecule is CC(C)Oc1nc(Cl)nc(NCC2CN(C)CCN2C)n1. The monoisotopic (exact) mass is 314 g/mol. The number of ether oxygens (including phenoxy) is 1. The van der Waals surface area contributed by atoms with Crippen molar-refractivity contribution in [2.45, 2.75) is 26.0 Å². The lowest BCUT2D eigenvalue weighted by molar-refractivity contribution is 0.121. The van der Waals surface area contributed by atoms with Gasteiger partial charge in [0, 0.05) is 32.2 Å². The van der Waals surface area contributed by atoms with Gasteiger partial charge >= 0.3 is 6.01 Å². The van der Waals surface area contributed by atoms with Crippen molar-refractivity contribution in [1.29, 1.82) is 0 Å². The van der Waals surface area contributed by atoms with Gasteiger partial charge in [-0.15, -0.1) is 0 Å². The summed E-state index contributed by atoms with van der Waals surface area (Å²) in [6, 6.07) is 0.662. The molecule has 0 bridgehead atoms. The molecule has 1 atom stereocenters. The standard InChI is InChI=1S/C13H23ClN6O/c1-9(2)21-13-17-11(14)16-12(18-13)15-7-10-8-19(3)5-6-20(10)4/h9-10H,5-8H2,1-4H3,(H,15,16,17,18). The normalized spacial score (nSPS) is 20.8. The zero-order valence-corrected chi connectivity index (χ0v) is 13.8. The summed E-state index contributed by atoms with van der Waals surface area (Å²) in [4.78, 5) is 16.9. The van der Waals surface area contributed by atoms with E-state index in [1.165, 1.54) is 0 Å². The van der Waals surface area contributed by atoms with E-state index in [1.54, 1.807) is 0 Å². The first-order valence-corrected chi connectivity index (χ1v) is 7.52. The van der Waals surface area contributed by atoms with E-state index in [0.717, 1.165) is 26.2 Å². The van der Waals surface area contributed by atoms with Gasteiger partial charge in [0.25, 0.3) is 0 Å². The minimum absolute atomic E-state index is 0.00514. The Bertz CT molecular complexity index is 472. The predicted molar refractivity (Wildman–Crippen MR) is 83.0 cm³/mol. The number of likely N-dealkylation sites (N-methyl/N-ethyl adjacent to an activating group) is 2. The van der Waals surface area contributed by atoms with Gasteiger partial charge in [-0.25, -0.2) is 0 Å². The van der Waals surface area contributed by atoms with Gasteiger partial charge in [-0.05, 0) is 39.5 Å². The van der Waals surface area contributed by atoms with E-state index in [0.29, 0.717) is 12.0 Å². The summed E-state index contributed by atoms with van der Waals surface area (Å²) in [6.45, 7) is 7.74. The lowest BCUT2D eigenvalue weighted by Crippen LogP contribution is -2.52. The first-order chi connectivity index (χ1) is 9.94. The number of anilines is 1. The van der Waals surface area contributed by atoms with Crippen LogP contribution in [-0.4, -0.2) is 77.2 Å². The van der Waals surface area contributed by atoms with Gasteiger partial charge in [-0.3, -0.25) is 4.90 Å². The second kappa shape index (κ2) is 7.20. The molecule has 2 rings (SSSR count). The molecule has 1 aliphatic rings. The third kappa shape index (κ3) is 4.94. The van der Waals surface area contributed by atoms with Crippen molar-refractivity contribution in [2.24, 2.45) is 0 Å². The molecule has 1 aromatic heterocycles. The highest BCUT2D eigenvalue weighted by molar-refractivity contribution is 6.28. The number of nitrogens with zero attached hydrogens (tertiary/aromatic N) is 5. The van der Waals surface area contributed by atoms with Crippen molar-refractivity contribution < 1.29 is 4.74 Å². The van der Waals surface area contributed by atoms with Crippen molar-refractivity contribution in [3.05, 3.63) is 5.28 Å². The van der Waals surface area contributed by atoms with E-state index in [1.807, 2.05) is 13.8 Å². The molecule has 21 heavy (non-hydrogen) atoms. The summed E-state index contributed by atoms with van der Waals surface area (Å²) in [7, 11) is 4.27. The van der Waals surface area contributed by atoms with Crippen molar-refractivity contribution in [2.75, 3.05) is 45.6 Å². The van der Waals surface area contributed by atoms with Gasteiger partial charge < -0.3 is 15.0 Å². The first kappa shape index (κ1) is 16.2. The number of rotatable bonds is 5. The molecule has 0 radical (unpaired) electrons. The Morgan fingerprint density at radius 1 is 1.29 bits per heavy atom. The molecule has 8 heteroatoms. The average molecular weight is 315 g/mol. The molecular weight excluding hydrogens is 292 g/mol. The first-order valence-electron chi connectivity index (χ1n) is 7.15. The van der Waals surface area contributed by atoms with Gasteiger partial charge in [0.1, 0.15) is 0 Å². The summed E-state index contributed by atoms with van der Waals surface area (Å²) in [5, 5.41) is 3.36. The van der Waals surface area contributed by atoms with E-state index >= 15 is 0 Å². The number of hydrogen-bond acceptors (Lipinski definition) is 7. The summed E-state index contributed by atoms with van der Waals surface area (Å²) >= 11 is 5.91. The maximum Gasteiger partial charge on any atom is 0.322 e. The largest absolute Gasteiger partial charge is 0.461 e. The molecule has 7 nitrogen and oxygen atoms in total. The molecule has 0 aromatic carbocycles. The Labute approximate surface area is 130 Å². The molecule has 0 aliphatic carbocycles. The van der Waals surface area contributed by atoms with Crippen LogP contribution in [0.15, 0.2) is 0 Å². The van der Waals surface area contributed by atoms with Crippen LogP contribution in [0.4, 0.5) is 5.95 Å². The fourth-order valence-electron chi connectivity index (χ4n) is 2.21. The zero-order valence-electron chi connectivity index (χ0n) is 13.0. The van der Waals surface area contributed by atoms with Gasteiger partial charge in [0.2, 0.25) is 11.2 Å². The Kier molecular flexibility index (Phi) is 5.55. The molecule has 1 aliphatic heterocycles. The maximum absolute atomic E-state index is 5.91. The summed E-state index contributed by atoms with van der Waals surface area (Å²) in [5.41, 5.74) is 0. The number of aromatic nitrogens is 3. The molecular formula is C13H23ClN6O. The number of hydrogen-bond donors (Lipinski definition) is 1. The van der Waals surface area contributed by atoms with Crippen LogP contribution in [0.5, 0.6) is 6.01 Å². The van der Waals surface area contributed by atoms with Crippen LogP contribution in [0.3, 0.4) is 0 Å². The molecule has 1 aromatic rings. The third-order valence-corrected chi connectivity index (χ3v) is 3.57. The van der Waals surface area contributed by atoms with Crippen LogP contribution in [0.1, 0.15) is 13.8 Å². The van der Waals surface area contributed by atoms with Crippen molar-refractivity contribution in [3.8, 4) is 6.01 Å². The van der Waals surface area contributed by atoms with Crippen LogP contribution in [0, 0.1) is 0 Å². The second-order valence-electron chi connectivity index (χ2n) is 5.65. The molecule has 2 heterocycles. The molecule has 1 fully saturated rings. The van der Waals surface area contributed by atoms with Crippen LogP contribution < -0.4 is 10.1 Å². The highest BCUT2D eigenvalue weighted by Crippen LogP contribution is 2.13.